The molecule has 0 fully saturated rings. The molecule has 3 aromatic carbocycles. The van der Waals surface area contributed by atoms with E-state index in [1.54, 1.807) is 38.4 Å². The number of rotatable bonds is 6. The molecule has 0 unspecified atom stereocenters. The molecule has 0 aromatic heterocycles. The molecule has 0 saturated carbocycles. The first-order valence-electron chi connectivity index (χ1n) is 9.04. The summed E-state index contributed by atoms with van der Waals surface area (Å²) in [6, 6.07) is 22.6. The Balaban J connectivity index is 1.65. The first kappa shape index (κ1) is 20.6. The summed E-state index contributed by atoms with van der Waals surface area (Å²) in [6.07, 6.45) is 0. The highest BCUT2D eigenvalue weighted by Gasteiger charge is 2.15. The largest absolute Gasteiger partial charge is 0.483 e. The minimum atomic E-state index is -0.344. The Hall–Kier alpha value is -3.12. The Morgan fingerprint density at radius 3 is 2.31 bits per heavy atom. The fraction of sp³-hybridized carbons (Fsp3) is 0.130. The molecule has 3 rings (SSSR count). The van der Waals surface area contributed by atoms with E-state index in [0.29, 0.717) is 17.0 Å². The molecule has 0 saturated heterocycles. The highest BCUT2D eigenvalue weighted by molar-refractivity contribution is 9.10. The van der Waals surface area contributed by atoms with Crippen molar-refractivity contribution in [2.24, 2.45) is 0 Å². The summed E-state index contributed by atoms with van der Waals surface area (Å²) in [6.45, 7) is -0.173. The van der Waals surface area contributed by atoms with Crippen LogP contribution >= 0.6 is 15.9 Å². The maximum Gasteiger partial charge on any atom is 0.262 e. The number of hydrogen-bond acceptors (Lipinski definition) is 3. The van der Waals surface area contributed by atoms with Gasteiger partial charge in [-0.2, -0.15) is 0 Å². The average Bonchev–Trinajstić information content (AvgIpc) is 2.73. The number of amides is 2. The number of para-hydroxylation sites is 1. The summed E-state index contributed by atoms with van der Waals surface area (Å²) < 4.78 is 6.41. The van der Waals surface area contributed by atoms with Gasteiger partial charge in [-0.15, -0.1) is 0 Å². The minimum Gasteiger partial charge on any atom is -0.483 e. The van der Waals surface area contributed by atoms with Crippen LogP contribution in [0.1, 0.15) is 10.4 Å². The summed E-state index contributed by atoms with van der Waals surface area (Å²) in [5.74, 6) is 0.0431. The van der Waals surface area contributed by atoms with Gasteiger partial charge in [0.15, 0.2) is 6.61 Å². The van der Waals surface area contributed by atoms with Gasteiger partial charge in [-0.3, -0.25) is 9.59 Å². The van der Waals surface area contributed by atoms with E-state index < -0.39 is 0 Å². The van der Waals surface area contributed by atoms with Crippen molar-refractivity contribution in [3.8, 4) is 16.9 Å². The van der Waals surface area contributed by atoms with Crippen LogP contribution in [0.2, 0.25) is 0 Å². The Labute approximate surface area is 178 Å². The van der Waals surface area contributed by atoms with Gasteiger partial charge in [0.25, 0.3) is 11.8 Å². The third-order valence-corrected chi connectivity index (χ3v) is 4.86. The molecule has 0 aliphatic heterocycles. The highest BCUT2D eigenvalue weighted by atomic mass is 79.9. The van der Waals surface area contributed by atoms with Gasteiger partial charge in [0, 0.05) is 14.1 Å². The molecule has 3 aromatic rings. The van der Waals surface area contributed by atoms with Crippen molar-refractivity contribution in [3.05, 3.63) is 82.8 Å². The lowest BCUT2D eigenvalue weighted by Gasteiger charge is -2.15. The van der Waals surface area contributed by atoms with Gasteiger partial charge in [0.05, 0.1) is 15.7 Å². The van der Waals surface area contributed by atoms with Crippen LogP contribution in [0.25, 0.3) is 11.1 Å². The van der Waals surface area contributed by atoms with Crippen LogP contribution in [0.15, 0.2) is 77.3 Å². The van der Waals surface area contributed by atoms with E-state index in [2.05, 4.69) is 21.2 Å². The lowest BCUT2D eigenvalue weighted by molar-refractivity contribution is -0.118. The zero-order valence-corrected chi connectivity index (χ0v) is 17.8. The van der Waals surface area contributed by atoms with Crippen LogP contribution in [0.3, 0.4) is 0 Å². The Bertz CT molecular complexity index is 1020. The topological polar surface area (TPSA) is 58.6 Å². The van der Waals surface area contributed by atoms with Crippen LogP contribution in [0.5, 0.6) is 5.75 Å². The monoisotopic (exact) mass is 452 g/mol. The van der Waals surface area contributed by atoms with Crippen molar-refractivity contribution in [3.63, 3.8) is 0 Å². The molecule has 148 valence electrons. The molecule has 0 atom stereocenters. The first-order chi connectivity index (χ1) is 14.0. The smallest absolute Gasteiger partial charge is 0.262 e. The number of benzene rings is 3. The molecule has 0 radical (unpaired) electrons. The van der Waals surface area contributed by atoms with Gasteiger partial charge in [0.1, 0.15) is 5.75 Å². The molecule has 0 aliphatic rings. The summed E-state index contributed by atoms with van der Waals surface area (Å²) in [7, 11) is 3.33. The number of carbonyl (C=O) groups is 2. The van der Waals surface area contributed by atoms with Crippen molar-refractivity contribution >= 4 is 33.4 Å². The molecular weight excluding hydrogens is 432 g/mol. The molecule has 6 heteroatoms. The zero-order valence-electron chi connectivity index (χ0n) is 16.2. The molecular formula is C23H21BrN2O3. The number of carbonyl (C=O) groups excluding carboxylic acids is 2. The van der Waals surface area contributed by atoms with E-state index in [-0.39, 0.29) is 18.4 Å². The van der Waals surface area contributed by atoms with Gasteiger partial charge < -0.3 is 15.0 Å². The summed E-state index contributed by atoms with van der Waals surface area (Å²) in [4.78, 5) is 26.1. The molecule has 1 N–H and O–H groups in total. The van der Waals surface area contributed by atoms with Crippen LogP contribution in [0, 0.1) is 0 Å². The number of nitrogens with one attached hydrogen (secondary N) is 1. The number of halogens is 1. The molecule has 0 heterocycles. The minimum absolute atomic E-state index is 0.173. The van der Waals surface area contributed by atoms with Gasteiger partial charge in [-0.1, -0.05) is 48.5 Å². The molecule has 0 bridgehead atoms. The first-order valence-corrected chi connectivity index (χ1v) is 9.83. The fourth-order valence-corrected chi connectivity index (χ4v) is 3.27. The average molecular weight is 453 g/mol. The van der Waals surface area contributed by atoms with Crippen LogP contribution in [0.4, 0.5) is 5.69 Å². The zero-order chi connectivity index (χ0) is 20.8. The van der Waals surface area contributed by atoms with Crippen molar-refractivity contribution in [1.29, 1.82) is 0 Å². The van der Waals surface area contributed by atoms with Crippen LogP contribution < -0.4 is 10.1 Å². The molecule has 29 heavy (non-hydrogen) atoms. The summed E-state index contributed by atoms with van der Waals surface area (Å²) in [5, 5.41) is 2.75. The lowest BCUT2D eigenvalue weighted by Crippen LogP contribution is -2.25. The van der Waals surface area contributed by atoms with Gasteiger partial charge >= 0.3 is 0 Å². The van der Waals surface area contributed by atoms with Crippen molar-refractivity contribution in [2.75, 3.05) is 26.0 Å². The van der Waals surface area contributed by atoms with Crippen LogP contribution in [-0.4, -0.2) is 37.4 Å². The Morgan fingerprint density at radius 1 is 0.931 bits per heavy atom. The molecule has 2 amide bonds. The predicted octanol–water partition coefficient (Wildman–Crippen LogP) is 4.84. The van der Waals surface area contributed by atoms with E-state index in [1.807, 2.05) is 48.5 Å². The second kappa shape index (κ2) is 9.39. The lowest BCUT2D eigenvalue weighted by atomic mass is 10.1. The SMILES string of the molecule is CN(C)C(=O)c1ccccc1NC(=O)COc1ccc(-c2ccccc2)cc1Br. The van der Waals surface area contributed by atoms with Crippen LogP contribution in [-0.2, 0) is 4.79 Å². The van der Waals surface area contributed by atoms with E-state index in [0.717, 1.165) is 15.6 Å². The van der Waals surface area contributed by atoms with Crippen molar-refractivity contribution in [2.45, 2.75) is 0 Å². The number of nitrogens with zero attached hydrogens (tertiary/aromatic N) is 1. The van der Waals surface area contributed by atoms with Crippen molar-refractivity contribution in [1.82, 2.24) is 4.90 Å². The fourth-order valence-electron chi connectivity index (χ4n) is 2.78. The van der Waals surface area contributed by atoms with Gasteiger partial charge in [0.2, 0.25) is 0 Å². The molecule has 0 spiro atoms. The number of hydrogen-bond donors (Lipinski definition) is 1. The van der Waals surface area contributed by atoms with Gasteiger partial charge in [-0.05, 0) is 51.3 Å². The standard InChI is InChI=1S/C23H21BrN2O3/c1-26(2)23(28)18-10-6-7-11-20(18)25-22(27)15-29-21-13-12-17(14-19(21)24)16-8-4-3-5-9-16/h3-14H,15H2,1-2H3,(H,25,27). The van der Waals surface area contributed by atoms with E-state index in [1.165, 1.54) is 4.90 Å². The van der Waals surface area contributed by atoms with Gasteiger partial charge in [-0.25, -0.2) is 0 Å². The molecule has 0 aliphatic carbocycles. The quantitative estimate of drug-likeness (QED) is 0.582. The maximum absolute atomic E-state index is 12.4. The Kier molecular flexibility index (Phi) is 6.67. The highest BCUT2D eigenvalue weighted by Crippen LogP contribution is 2.30. The summed E-state index contributed by atoms with van der Waals surface area (Å²) in [5.41, 5.74) is 3.03. The third kappa shape index (κ3) is 5.23. The number of ether oxygens (including phenoxy) is 1. The third-order valence-electron chi connectivity index (χ3n) is 4.24. The second-order valence-corrected chi connectivity index (χ2v) is 7.45. The Morgan fingerprint density at radius 2 is 1.62 bits per heavy atom. The predicted molar refractivity (Wildman–Crippen MR) is 118 cm³/mol. The van der Waals surface area contributed by atoms with E-state index in [4.69, 9.17) is 4.74 Å². The molecule has 5 nitrogen and oxygen atoms in total. The van der Waals surface area contributed by atoms with E-state index >= 15 is 0 Å². The van der Waals surface area contributed by atoms with Crippen molar-refractivity contribution < 1.29 is 14.3 Å². The summed E-state index contributed by atoms with van der Waals surface area (Å²) >= 11 is 3.50. The second-order valence-electron chi connectivity index (χ2n) is 6.59. The normalized spacial score (nSPS) is 10.3. The maximum atomic E-state index is 12.4. The van der Waals surface area contributed by atoms with E-state index in [9.17, 15) is 9.59 Å². The number of anilines is 1.